The molecule has 3 aromatic heterocycles. The van der Waals surface area contributed by atoms with E-state index >= 15 is 0 Å². The molecule has 1 aromatic carbocycles. The largest absolute Gasteiger partial charge is 1.00 e. The molecule has 2 aliphatic rings. The molecule has 1 atom stereocenters. The molecular formula is C34H48CsN7. The van der Waals surface area contributed by atoms with E-state index in [9.17, 15) is 0 Å². The van der Waals surface area contributed by atoms with E-state index in [-0.39, 0.29) is 76.3 Å². The molecule has 0 bridgehead atoms. The van der Waals surface area contributed by atoms with Gasteiger partial charge in [0.2, 0.25) is 5.95 Å². The van der Waals surface area contributed by atoms with Crippen LogP contribution in [0.2, 0.25) is 0 Å². The van der Waals surface area contributed by atoms with Gasteiger partial charge < -0.3 is 23.0 Å². The van der Waals surface area contributed by atoms with Crippen LogP contribution >= 0.6 is 0 Å². The van der Waals surface area contributed by atoms with Crippen LogP contribution in [0.3, 0.4) is 0 Å². The number of H-pyrrole nitrogens is 1. The minimum Gasteiger partial charge on any atom is -0.358 e. The van der Waals surface area contributed by atoms with Crippen LogP contribution in [0.4, 0.5) is 11.6 Å². The minimum atomic E-state index is 0. The summed E-state index contributed by atoms with van der Waals surface area (Å²) in [4.78, 5) is 12.9. The molecule has 0 amide bonds. The Hall–Kier alpha value is -1.40. The second kappa shape index (κ2) is 17.8. The molecule has 1 unspecified atom stereocenters. The molecule has 6 rings (SSSR count). The first-order chi connectivity index (χ1) is 19.7. The fourth-order valence-corrected chi connectivity index (χ4v) is 6.01. The van der Waals surface area contributed by atoms with E-state index in [1.165, 1.54) is 56.9 Å². The van der Waals surface area contributed by atoms with Crippen molar-refractivity contribution in [2.24, 2.45) is 5.92 Å². The molecule has 1 aliphatic carbocycles. The van der Waals surface area contributed by atoms with Gasteiger partial charge >= 0.3 is 68.9 Å². The second-order valence-corrected chi connectivity index (χ2v) is 11.3. The van der Waals surface area contributed by atoms with Crippen molar-refractivity contribution in [1.29, 1.82) is 0 Å². The van der Waals surface area contributed by atoms with Gasteiger partial charge in [-0.15, -0.1) is 6.58 Å². The van der Waals surface area contributed by atoms with Crippen LogP contribution in [0.25, 0.3) is 22.3 Å². The average molecular weight is 688 g/mol. The van der Waals surface area contributed by atoms with Gasteiger partial charge in [0.25, 0.3) is 0 Å². The molecule has 1 saturated heterocycles. The number of benzene rings is 1. The Morgan fingerprint density at radius 2 is 1.74 bits per heavy atom. The zero-order chi connectivity index (χ0) is 27.7. The molecule has 2 fully saturated rings. The summed E-state index contributed by atoms with van der Waals surface area (Å²) in [7, 11) is 0. The summed E-state index contributed by atoms with van der Waals surface area (Å²) in [6, 6.07) is 11.1. The summed E-state index contributed by atoms with van der Waals surface area (Å²) in [5.74, 6) is 1.89. The van der Waals surface area contributed by atoms with Crippen molar-refractivity contribution in [1.82, 2.24) is 30.0 Å². The standard InChI is InChI=1S/C29H35N7.C4H10.CH3.Cs/c1-2-5-26(22-6-3-4-7-22)36-19-23(18-32-36)27-25-14-17-31-28(25)35-29(34-27)33-24-10-8-20(9-11-24)21-12-15-30-16-13-21;1-3-4-2;;/h2,8-11,14,17-19,21-22,26,30H,1,3-7,12-13,15-16H2,(H2,31,33,34,35);3-4H2,1-2H3;1H3;/q;;-1;+1. The van der Waals surface area contributed by atoms with Crippen LogP contribution < -0.4 is 79.5 Å². The zero-order valence-corrected chi connectivity index (χ0v) is 32.5. The zero-order valence-electron chi connectivity index (χ0n) is 26.2. The number of aromatic nitrogens is 5. The molecule has 42 heavy (non-hydrogen) atoms. The number of nitrogens with one attached hydrogen (secondary N) is 3. The minimum absolute atomic E-state index is 0. The van der Waals surface area contributed by atoms with E-state index in [2.05, 4.69) is 71.2 Å². The Morgan fingerprint density at radius 1 is 1.02 bits per heavy atom. The SMILES string of the molecule is C=CCC(C1CCCC1)n1cc(-c2nc(Nc3ccc(C4CCNCC4)cc3)nc3[nH]ccc23)cn1.CCCC.[CH3-].[Cs+]. The summed E-state index contributed by atoms with van der Waals surface area (Å²) >= 11 is 0. The van der Waals surface area contributed by atoms with E-state index in [0.717, 1.165) is 47.5 Å². The number of unbranched alkanes of at least 4 members (excludes halogenated alkanes) is 1. The monoisotopic (exact) mass is 687 g/mol. The molecular weight excluding hydrogens is 639 g/mol. The maximum absolute atomic E-state index is 4.94. The smallest absolute Gasteiger partial charge is 0.358 e. The van der Waals surface area contributed by atoms with Crippen LogP contribution in [0.1, 0.15) is 89.2 Å². The molecule has 220 valence electrons. The molecule has 4 heterocycles. The van der Waals surface area contributed by atoms with Crippen LogP contribution in [0.5, 0.6) is 0 Å². The molecule has 1 saturated carbocycles. The van der Waals surface area contributed by atoms with Gasteiger partial charge in [0.15, 0.2) is 0 Å². The Labute approximate surface area is 311 Å². The topological polar surface area (TPSA) is 83.5 Å². The first-order valence-electron chi connectivity index (χ1n) is 15.3. The third kappa shape index (κ3) is 8.83. The first kappa shape index (κ1) is 35.1. The Bertz CT molecular complexity index is 1350. The van der Waals surface area contributed by atoms with Gasteiger partial charge in [-0.1, -0.05) is 57.7 Å². The van der Waals surface area contributed by atoms with E-state index in [1.807, 2.05) is 24.5 Å². The number of fused-ring (bicyclic) bond motifs is 1. The number of nitrogens with zero attached hydrogens (tertiary/aromatic N) is 4. The molecule has 3 N–H and O–H groups in total. The number of piperidine rings is 1. The molecule has 1 aliphatic heterocycles. The van der Waals surface area contributed by atoms with E-state index < -0.39 is 0 Å². The molecule has 8 heteroatoms. The summed E-state index contributed by atoms with van der Waals surface area (Å²) in [5.41, 5.74) is 5.13. The third-order valence-corrected chi connectivity index (χ3v) is 8.46. The number of anilines is 2. The number of hydrogen-bond donors (Lipinski definition) is 3. The van der Waals surface area contributed by atoms with Crippen LogP contribution in [-0.2, 0) is 0 Å². The van der Waals surface area contributed by atoms with Crippen molar-refractivity contribution in [2.45, 2.75) is 83.6 Å². The number of allylic oxidation sites excluding steroid dienone is 1. The number of rotatable bonds is 9. The molecule has 0 spiro atoms. The second-order valence-electron chi connectivity index (χ2n) is 11.3. The first-order valence-corrected chi connectivity index (χ1v) is 15.3. The van der Waals surface area contributed by atoms with Gasteiger partial charge in [-0.05, 0) is 80.8 Å². The molecule has 7 nitrogen and oxygen atoms in total. The fraction of sp³-hybridized carbons (Fsp3) is 0.471. The van der Waals surface area contributed by atoms with Gasteiger partial charge in [0.1, 0.15) is 5.65 Å². The van der Waals surface area contributed by atoms with Crippen LogP contribution in [-0.4, -0.2) is 37.8 Å². The average Bonchev–Trinajstić information content (AvgIpc) is 3.79. The number of aromatic amines is 1. The van der Waals surface area contributed by atoms with Crippen molar-refractivity contribution in [2.75, 3.05) is 18.4 Å². The summed E-state index contributed by atoms with van der Waals surface area (Å²) in [6.07, 6.45) is 19.2. The van der Waals surface area contributed by atoms with E-state index in [0.29, 0.717) is 23.8 Å². The van der Waals surface area contributed by atoms with E-state index in [1.54, 1.807) is 0 Å². The maximum Gasteiger partial charge on any atom is 1.00 e. The fourth-order valence-electron chi connectivity index (χ4n) is 6.01. The van der Waals surface area contributed by atoms with Crippen molar-refractivity contribution in [3.8, 4) is 11.3 Å². The number of hydrogen-bond acceptors (Lipinski definition) is 5. The van der Waals surface area contributed by atoms with Crippen molar-refractivity contribution in [3.63, 3.8) is 0 Å². The van der Waals surface area contributed by atoms with Gasteiger partial charge in [-0.3, -0.25) is 4.68 Å². The predicted octanol–water partition coefficient (Wildman–Crippen LogP) is 5.60. The van der Waals surface area contributed by atoms with Gasteiger partial charge in [0, 0.05) is 29.0 Å². The molecule has 4 aromatic rings. The summed E-state index contributed by atoms with van der Waals surface area (Å²) < 4.78 is 2.14. The van der Waals surface area contributed by atoms with E-state index in [4.69, 9.17) is 15.1 Å². The molecule has 0 radical (unpaired) electrons. The Kier molecular flexibility index (Phi) is 14.9. The maximum atomic E-state index is 4.94. The van der Waals surface area contributed by atoms with Crippen LogP contribution in [0, 0.1) is 13.3 Å². The third-order valence-electron chi connectivity index (χ3n) is 8.46. The van der Waals surface area contributed by atoms with Crippen molar-refractivity contribution < 1.29 is 68.9 Å². The predicted molar refractivity (Wildman–Crippen MR) is 172 cm³/mol. The Morgan fingerprint density at radius 3 is 2.40 bits per heavy atom. The quantitative estimate of drug-likeness (QED) is 0.158. The Balaban J connectivity index is 0.000000760. The van der Waals surface area contributed by atoms with Gasteiger partial charge in [0.05, 0.1) is 17.9 Å². The van der Waals surface area contributed by atoms with Crippen molar-refractivity contribution in [3.05, 3.63) is 74.6 Å². The summed E-state index contributed by atoms with van der Waals surface area (Å²) in [6.45, 7) is 10.6. The van der Waals surface area contributed by atoms with Crippen molar-refractivity contribution >= 4 is 22.7 Å². The van der Waals surface area contributed by atoms with Crippen LogP contribution in [0.15, 0.2) is 61.6 Å². The van der Waals surface area contributed by atoms with Gasteiger partial charge in [-0.2, -0.15) is 10.1 Å². The normalized spacial score (nSPS) is 16.1. The summed E-state index contributed by atoms with van der Waals surface area (Å²) in [5, 5.41) is 12.7. The van der Waals surface area contributed by atoms with Gasteiger partial charge in [-0.25, -0.2) is 4.98 Å².